The van der Waals surface area contributed by atoms with Crippen molar-refractivity contribution in [2.75, 3.05) is 7.05 Å². The summed E-state index contributed by atoms with van der Waals surface area (Å²) in [6, 6.07) is 14.7. The van der Waals surface area contributed by atoms with Gasteiger partial charge in [-0.2, -0.15) is 0 Å². The first-order valence-electron chi connectivity index (χ1n) is 16.5. The van der Waals surface area contributed by atoms with Gasteiger partial charge in [0.1, 0.15) is 11.2 Å². The van der Waals surface area contributed by atoms with E-state index in [0.29, 0.717) is 11.8 Å². The Morgan fingerprint density at radius 1 is 0.860 bits per heavy atom. The van der Waals surface area contributed by atoms with Crippen molar-refractivity contribution in [1.82, 2.24) is 10.6 Å². The van der Waals surface area contributed by atoms with E-state index in [-0.39, 0.29) is 6.04 Å². The van der Waals surface area contributed by atoms with Crippen LogP contribution in [-0.2, 0) is 0 Å². The topological polar surface area (TPSA) is 37.2 Å². The van der Waals surface area contributed by atoms with Crippen LogP contribution in [0.1, 0.15) is 93.2 Å². The molecule has 0 amide bonds. The van der Waals surface area contributed by atoms with E-state index in [0.717, 1.165) is 11.2 Å². The quantitative estimate of drug-likeness (QED) is 0.316. The molecule has 2 heterocycles. The summed E-state index contributed by atoms with van der Waals surface area (Å²) in [7, 11) is 2.01. The van der Waals surface area contributed by atoms with Crippen LogP contribution in [0.25, 0.3) is 21.9 Å². The predicted octanol–water partition coefficient (Wildman–Crippen LogP) is 11.7. The van der Waals surface area contributed by atoms with Gasteiger partial charge in [0.05, 0.1) is 6.04 Å². The maximum Gasteiger partial charge on any atom is 0.141 e. The Hall–Kier alpha value is -3.72. The summed E-state index contributed by atoms with van der Waals surface area (Å²) < 4.78 is 6.07. The Morgan fingerprint density at radius 2 is 1.58 bits per heavy atom. The molecule has 232 valence electrons. The standard InChI is InChI=1S/C18H15NO.C16H23N.3C2H6/c1-12-9-10-16(19-11-12)15-7-4-6-14-13-5-2-3-8-17(13)20-18(14)15;1-12-7-6-10-16(17-3)15-9-5-4-8-14(15)13(2)11-12;3*1-2/h2-11,16,19H,1H3;5-7,9-10,12-13,17H,4,8,11H2,1-3H3;3*1-2H3/b;7-6-,16-10-;;;. The van der Waals surface area contributed by atoms with Crippen LogP contribution in [0.5, 0.6) is 0 Å². The molecular formula is C40H56N2O. The third-order valence-electron chi connectivity index (χ3n) is 7.60. The Balaban J connectivity index is 0.000000259. The molecule has 0 bridgehead atoms. The first kappa shape index (κ1) is 35.5. The second-order valence-electron chi connectivity index (χ2n) is 10.4. The van der Waals surface area contributed by atoms with Gasteiger partial charge < -0.3 is 15.1 Å². The molecule has 3 atom stereocenters. The second-order valence-corrected chi connectivity index (χ2v) is 10.4. The van der Waals surface area contributed by atoms with Gasteiger partial charge in [-0.25, -0.2) is 0 Å². The lowest BCUT2D eigenvalue weighted by Gasteiger charge is -2.24. The number of hydrogen-bond acceptors (Lipinski definition) is 3. The molecule has 0 saturated heterocycles. The minimum atomic E-state index is 0.169. The largest absolute Gasteiger partial charge is 0.456 e. The number of allylic oxidation sites excluding steroid dienone is 8. The molecule has 1 aromatic heterocycles. The van der Waals surface area contributed by atoms with E-state index >= 15 is 0 Å². The molecule has 0 fully saturated rings. The first-order valence-corrected chi connectivity index (χ1v) is 16.5. The SMILES string of the molecule is CC.CC.CC.CC1=CNC(c2cccc3c2oc2ccccc23)C=C1.CN/C1=C\C=C/C(C)CC(C)C2=C1C=CCC2. The zero-order valence-electron chi connectivity index (χ0n) is 28.4. The molecular weight excluding hydrogens is 524 g/mol. The fraction of sp³-hybridized carbons (Fsp3) is 0.400. The molecule has 1 aliphatic heterocycles. The van der Waals surface area contributed by atoms with Crippen molar-refractivity contribution in [3.8, 4) is 0 Å². The number of hydrogen-bond donors (Lipinski definition) is 2. The van der Waals surface area contributed by atoms with Crippen LogP contribution in [0.3, 0.4) is 0 Å². The maximum atomic E-state index is 6.07. The van der Waals surface area contributed by atoms with Crippen LogP contribution < -0.4 is 10.6 Å². The highest BCUT2D eigenvalue weighted by Crippen LogP contribution is 2.35. The molecule has 0 spiro atoms. The van der Waals surface area contributed by atoms with E-state index in [2.05, 4.69) is 104 Å². The van der Waals surface area contributed by atoms with E-state index in [1.807, 2.05) is 66.9 Å². The number of fused-ring (bicyclic) bond motifs is 3. The van der Waals surface area contributed by atoms with Gasteiger partial charge in [-0.1, -0.05) is 134 Å². The van der Waals surface area contributed by atoms with Crippen LogP contribution in [0.4, 0.5) is 0 Å². The average Bonchev–Trinajstić information content (AvgIpc) is 3.47. The number of nitrogens with one attached hydrogen (secondary N) is 2. The van der Waals surface area contributed by atoms with Crippen molar-refractivity contribution in [3.05, 3.63) is 119 Å². The minimum absolute atomic E-state index is 0.169. The maximum absolute atomic E-state index is 6.07. The van der Waals surface area contributed by atoms with Crippen molar-refractivity contribution < 1.29 is 4.42 Å². The van der Waals surface area contributed by atoms with Gasteiger partial charge in [-0.05, 0) is 61.3 Å². The van der Waals surface area contributed by atoms with Gasteiger partial charge in [0.15, 0.2) is 0 Å². The molecule has 3 aliphatic rings. The van der Waals surface area contributed by atoms with E-state index in [9.17, 15) is 0 Å². The summed E-state index contributed by atoms with van der Waals surface area (Å²) in [5, 5.41) is 9.10. The monoisotopic (exact) mass is 580 g/mol. The summed E-state index contributed by atoms with van der Waals surface area (Å²) in [6.45, 7) is 18.8. The van der Waals surface area contributed by atoms with E-state index in [4.69, 9.17) is 4.42 Å². The highest BCUT2D eigenvalue weighted by molar-refractivity contribution is 6.05. The minimum Gasteiger partial charge on any atom is -0.456 e. The zero-order chi connectivity index (χ0) is 31.8. The Kier molecular flexibility index (Phi) is 15.5. The van der Waals surface area contributed by atoms with Crippen LogP contribution in [-0.4, -0.2) is 7.05 Å². The Bertz CT molecular complexity index is 1460. The molecule has 0 radical (unpaired) electrons. The average molecular weight is 581 g/mol. The number of furan rings is 1. The van der Waals surface area contributed by atoms with Gasteiger partial charge in [-0.3, -0.25) is 0 Å². The molecule has 2 N–H and O–H groups in total. The number of rotatable bonds is 2. The molecule has 3 aromatic rings. The molecule has 3 nitrogen and oxygen atoms in total. The fourth-order valence-electron chi connectivity index (χ4n) is 5.66. The zero-order valence-corrected chi connectivity index (χ0v) is 28.4. The number of benzene rings is 2. The third kappa shape index (κ3) is 9.13. The van der Waals surface area contributed by atoms with Crippen molar-refractivity contribution in [3.63, 3.8) is 0 Å². The summed E-state index contributed by atoms with van der Waals surface area (Å²) in [6.07, 6.45) is 21.3. The Labute approximate surface area is 262 Å². The smallest absolute Gasteiger partial charge is 0.141 e. The summed E-state index contributed by atoms with van der Waals surface area (Å²) >= 11 is 0. The van der Waals surface area contributed by atoms with Crippen LogP contribution in [0, 0.1) is 11.8 Å². The van der Waals surface area contributed by atoms with Gasteiger partial charge in [-0.15, -0.1) is 0 Å². The number of dihydropyridines is 1. The van der Waals surface area contributed by atoms with Gasteiger partial charge >= 0.3 is 0 Å². The van der Waals surface area contributed by atoms with E-state index in [1.165, 1.54) is 52.4 Å². The van der Waals surface area contributed by atoms with Crippen LogP contribution in [0.15, 0.2) is 118 Å². The highest BCUT2D eigenvalue weighted by atomic mass is 16.3. The normalized spacial score (nSPS) is 22.3. The third-order valence-corrected chi connectivity index (χ3v) is 7.60. The van der Waals surface area contributed by atoms with Gasteiger partial charge in [0.25, 0.3) is 0 Å². The van der Waals surface area contributed by atoms with Crippen LogP contribution in [0.2, 0.25) is 0 Å². The second kappa shape index (κ2) is 18.7. The van der Waals surface area contributed by atoms with Crippen molar-refractivity contribution in [2.45, 2.75) is 87.6 Å². The molecule has 3 unspecified atom stereocenters. The predicted molar refractivity (Wildman–Crippen MR) is 191 cm³/mol. The molecule has 2 aromatic carbocycles. The summed E-state index contributed by atoms with van der Waals surface area (Å²) in [5.74, 6) is 1.35. The van der Waals surface area contributed by atoms with Crippen LogP contribution >= 0.6 is 0 Å². The lowest BCUT2D eigenvalue weighted by molar-refractivity contribution is 0.506. The van der Waals surface area contributed by atoms with Gasteiger partial charge in [0.2, 0.25) is 0 Å². The first-order chi connectivity index (χ1) is 21.0. The van der Waals surface area contributed by atoms with E-state index in [1.54, 1.807) is 5.57 Å². The summed E-state index contributed by atoms with van der Waals surface area (Å²) in [4.78, 5) is 0. The van der Waals surface area contributed by atoms with Crippen molar-refractivity contribution in [2.24, 2.45) is 11.8 Å². The molecule has 3 heteroatoms. The Morgan fingerprint density at radius 3 is 2.28 bits per heavy atom. The molecule has 2 aliphatic carbocycles. The summed E-state index contributed by atoms with van der Waals surface area (Å²) in [5.41, 5.74) is 8.64. The highest BCUT2D eigenvalue weighted by Gasteiger charge is 2.20. The number of likely N-dealkylation sites (N-methyl/N-ethyl adjacent to an activating group) is 1. The van der Waals surface area contributed by atoms with E-state index < -0.39 is 0 Å². The van der Waals surface area contributed by atoms with Gasteiger partial charge in [0, 0.05) is 35.3 Å². The van der Waals surface area contributed by atoms with Crippen molar-refractivity contribution in [1.29, 1.82) is 0 Å². The molecule has 6 rings (SSSR count). The molecule has 43 heavy (non-hydrogen) atoms. The lowest BCUT2D eigenvalue weighted by atomic mass is 9.83. The fourth-order valence-corrected chi connectivity index (χ4v) is 5.66. The van der Waals surface area contributed by atoms with Crippen molar-refractivity contribution >= 4 is 21.9 Å². The molecule has 0 saturated carbocycles. The number of para-hydroxylation sites is 2. The lowest BCUT2D eigenvalue weighted by Crippen LogP contribution is -2.16.